The van der Waals surface area contributed by atoms with Crippen molar-refractivity contribution in [2.24, 2.45) is 5.92 Å². The highest BCUT2D eigenvalue weighted by Gasteiger charge is 2.17. The van der Waals surface area contributed by atoms with Gasteiger partial charge in [-0.3, -0.25) is 9.59 Å². The molecule has 0 spiro atoms. The molecule has 0 aromatic rings. The summed E-state index contributed by atoms with van der Waals surface area (Å²) in [6.07, 6.45) is 1.14. The summed E-state index contributed by atoms with van der Waals surface area (Å²) in [5, 5.41) is 12.0. The van der Waals surface area contributed by atoms with E-state index in [0.29, 0.717) is 19.0 Å². The van der Waals surface area contributed by atoms with Crippen LogP contribution in [0, 0.1) is 5.92 Å². The van der Waals surface area contributed by atoms with Crippen LogP contribution in [0.2, 0.25) is 0 Å². The monoisotopic (exact) mass is 258 g/mol. The fraction of sp³-hybridized carbons (Fsp3) is 0.846. The first-order chi connectivity index (χ1) is 8.32. The maximum absolute atomic E-state index is 11.9. The average Bonchev–Trinajstić information content (AvgIpc) is 2.21. The molecule has 1 amide bonds. The van der Waals surface area contributed by atoms with E-state index < -0.39 is 5.97 Å². The molecule has 0 fully saturated rings. The molecule has 0 aromatic carbocycles. The van der Waals surface area contributed by atoms with Gasteiger partial charge in [0.25, 0.3) is 0 Å². The maximum Gasteiger partial charge on any atom is 0.323 e. The number of aliphatic carboxylic acids is 1. The second kappa shape index (κ2) is 8.91. The fourth-order valence-electron chi connectivity index (χ4n) is 1.65. The van der Waals surface area contributed by atoms with Crippen LogP contribution < -0.4 is 5.32 Å². The molecule has 0 heterocycles. The molecule has 0 radical (unpaired) electrons. The zero-order valence-corrected chi connectivity index (χ0v) is 11.9. The Morgan fingerprint density at radius 3 is 2.28 bits per heavy atom. The first-order valence-electron chi connectivity index (χ1n) is 6.55. The van der Waals surface area contributed by atoms with E-state index in [4.69, 9.17) is 5.11 Å². The van der Waals surface area contributed by atoms with Gasteiger partial charge in [0, 0.05) is 19.0 Å². The van der Waals surface area contributed by atoms with Crippen molar-refractivity contribution in [3.05, 3.63) is 0 Å². The number of nitrogens with zero attached hydrogens (tertiary/aromatic N) is 1. The molecule has 0 aromatic heterocycles. The lowest BCUT2D eigenvalue weighted by Gasteiger charge is -2.22. The summed E-state index contributed by atoms with van der Waals surface area (Å²) >= 11 is 0. The van der Waals surface area contributed by atoms with Crippen LogP contribution in [0.1, 0.15) is 40.5 Å². The first kappa shape index (κ1) is 16.9. The molecule has 0 atom stereocenters. The Balaban J connectivity index is 4.08. The van der Waals surface area contributed by atoms with E-state index in [1.807, 2.05) is 13.8 Å². The topological polar surface area (TPSA) is 69.6 Å². The van der Waals surface area contributed by atoms with Crippen molar-refractivity contribution in [3.8, 4) is 0 Å². The van der Waals surface area contributed by atoms with Crippen LogP contribution >= 0.6 is 0 Å². The van der Waals surface area contributed by atoms with E-state index in [2.05, 4.69) is 19.2 Å². The van der Waals surface area contributed by atoms with Crippen LogP contribution in [0.3, 0.4) is 0 Å². The van der Waals surface area contributed by atoms with Gasteiger partial charge >= 0.3 is 5.97 Å². The third kappa shape index (κ3) is 8.98. The van der Waals surface area contributed by atoms with Gasteiger partial charge in [-0.05, 0) is 18.9 Å². The highest BCUT2D eigenvalue weighted by molar-refractivity contribution is 5.81. The first-order valence-corrected chi connectivity index (χ1v) is 6.55. The third-order valence-corrected chi connectivity index (χ3v) is 2.38. The average molecular weight is 258 g/mol. The van der Waals surface area contributed by atoms with Crippen LogP contribution in [0.5, 0.6) is 0 Å². The van der Waals surface area contributed by atoms with E-state index in [1.54, 1.807) is 0 Å². The summed E-state index contributed by atoms with van der Waals surface area (Å²) in [5.41, 5.74) is 0. The zero-order valence-electron chi connectivity index (χ0n) is 11.9. The summed E-state index contributed by atoms with van der Waals surface area (Å²) in [6, 6.07) is 0.408. The van der Waals surface area contributed by atoms with Gasteiger partial charge in [-0.2, -0.15) is 0 Å². The molecule has 2 N–H and O–H groups in total. The van der Waals surface area contributed by atoms with Crippen LogP contribution in [-0.2, 0) is 9.59 Å². The molecule has 5 nitrogen and oxygen atoms in total. The summed E-state index contributed by atoms with van der Waals surface area (Å²) in [4.78, 5) is 24.0. The van der Waals surface area contributed by atoms with Gasteiger partial charge in [0.15, 0.2) is 0 Å². The zero-order chi connectivity index (χ0) is 14.1. The van der Waals surface area contributed by atoms with Gasteiger partial charge in [0.05, 0.1) is 0 Å². The Hall–Kier alpha value is -1.10. The van der Waals surface area contributed by atoms with Crippen LogP contribution in [0.15, 0.2) is 0 Å². The lowest BCUT2D eigenvalue weighted by Crippen LogP contribution is -2.38. The molecule has 0 aliphatic carbocycles. The molecule has 0 rings (SSSR count). The number of carboxylic acids is 1. The second-order valence-corrected chi connectivity index (χ2v) is 5.27. The smallest absolute Gasteiger partial charge is 0.323 e. The number of nitrogens with one attached hydrogen (secondary N) is 1. The summed E-state index contributed by atoms with van der Waals surface area (Å²) in [7, 11) is 0. The van der Waals surface area contributed by atoms with Gasteiger partial charge in [-0.1, -0.05) is 27.7 Å². The Labute approximate surface area is 110 Å². The second-order valence-electron chi connectivity index (χ2n) is 5.27. The summed E-state index contributed by atoms with van der Waals surface area (Å²) in [5.74, 6) is -0.747. The third-order valence-electron chi connectivity index (χ3n) is 2.38. The number of hydrogen-bond donors (Lipinski definition) is 2. The minimum absolute atomic E-state index is 0.0725. The molecule has 5 heteroatoms. The number of carbonyl (C=O) groups is 2. The van der Waals surface area contributed by atoms with Crippen molar-refractivity contribution >= 4 is 11.9 Å². The molecule has 0 aliphatic heterocycles. The van der Waals surface area contributed by atoms with Gasteiger partial charge in [-0.15, -0.1) is 0 Å². The van der Waals surface area contributed by atoms with Crippen molar-refractivity contribution in [1.29, 1.82) is 0 Å². The lowest BCUT2D eigenvalue weighted by molar-refractivity contribution is -0.144. The largest absolute Gasteiger partial charge is 0.480 e. The van der Waals surface area contributed by atoms with Crippen LogP contribution in [-0.4, -0.2) is 47.6 Å². The Morgan fingerprint density at radius 1 is 1.22 bits per heavy atom. The number of carboxylic acid groups (broad SMARTS) is 1. The molecule has 0 saturated heterocycles. The van der Waals surface area contributed by atoms with E-state index in [9.17, 15) is 9.59 Å². The number of carbonyl (C=O) groups excluding carboxylic acids is 1. The molecule has 0 unspecified atom stereocenters. The van der Waals surface area contributed by atoms with E-state index >= 15 is 0 Å². The molecular formula is C13H26N2O3. The Bertz CT molecular complexity index is 265. The van der Waals surface area contributed by atoms with Gasteiger partial charge in [-0.25, -0.2) is 0 Å². The minimum atomic E-state index is -0.954. The van der Waals surface area contributed by atoms with Gasteiger partial charge < -0.3 is 15.3 Å². The summed E-state index contributed by atoms with van der Waals surface area (Å²) in [6.45, 7) is 9.14. The molecule has 0 bridgehead atoms. The number of amides is 1. The Morgan fingerprint density at radius 2 is 1.83 bits per heavy atom. The maximum atomic E-state index is 11.9. The van der Waals surface area contributed by atoms with E-state index in [0.717, 1.165) is 13.0 Å². The molecule has 0 aliphatic rings. The minimum Gasteiger partial charge on any atom is -0.480 e. The standard InChI is InChI=1S/C13H26N2O3/c1-10(2)8-15(9-13(17)18)12(16)6-5-7-14-11(3)4/h10-11,14H,5-9H2,1-4H3,(H,17,18). The molecule has 18 heavy (non-hydrogen) atoms. The molecular weight excluding hydrogens is 232 g/mol. The van der Waals surface area contributed by atoms with E-state index in [1.165, 1.54) is 4.90 Å². The van der Waals surface area contributed by atoms with Gasteiger partial charge in [0.2, 0.25) is 5.91 Å². The Kier molecular flexibility index (Phi) is 8.37. The van der Waals surface area contributed by atoms with Gasteiger partial charge in [0.1, 0.15) is 6.54 Å². The quantitative estimate of drug-likeness (QED) is 0.612. The predicted octanol–water partition coefficient (Wildman–Crippen LogP) is 1.33. The normalized spacial score (nSPS) is 11.0. The fourth-order valence-corrected chi connectivity index (χ4v) is 1.65. The van der Waals surface area contributed by atoms with Crippen molar-refractivity contribution < 1.29 is 14.7 Å². The predicted molar refractivity (Wildman–Crippen MR) is 71.4 cm³/mol. The number of hydrogen-bond acceptors (Lipinski definition) is 3. The highest BCUT2D eigenvalue weighted by Crippen LogP contribution is 2.03. The van der Waals surface area contributed by atoms with Crippen molar-refractivity contribution in [3.63, 3.8) is 0 Å². The van der Waals surface area contributed by atoms with Crippen LogP contribution in [0.25, 0.3) is 0 Å². The highest BCUT2D eigenvalue weighted by atomic mass is 16.4. The lowest BCUT2D eigenvalue weighted by atomic mass is 10.2. The molecule has 0 saturated carbocycles. The number of rotatable bonds is 9. The SMILES string of the molecule is CC(C)CN(CC(=O)O)C(=O)CCCNC(C)C. The van der Waals surface area contributed by atoms with Crippen molar-refractivity contribution in [2.45, 2.75) is 46.6 Å². The molecule has 106 valence electrons. The van der Waals surface area contributed by atoms with Crippen molar-refractivity contribution in [1.82, 2.24) is 10.2 Å². The van der Waals surface area contributed by atoms with Crippen molar-refractivity contribution in [2.75, 3.05) is 19.6 Å². The van der Waals surface area contributed by atoms with Crippen LogP contribution in [0.4, 0.5) is 0 Å². The summed E-state index contributed by atoms with van der Waals surface area (Å²) < 4.78 is 0. The van der Waals surface area contributed by atoms with E-state index in [-0.39, 0.29) is 18.4 Å².